The second-order valence-electron chi connectivity index (χ2n) is 4.88. The Morgan fingerprint density at radius 3 is 2.24 bits per heavy atom. The van der Waals surface area contributed by atoms with Crippen LogP contribution in [0.5, 0.6) is 0 Å². The molecular formula is C16H18ClN3S. The average Bonchev–Trinajstić information content (AvgIpc) is 2.48. The zero-order valence-corrected chi connectivity index (χ0v) is 13.6. The maximum atomic E-state index is 5.84. The third-order valence-electron chi connectivity index (χ3n) is 3.01. The monoisotopic (exact) mass is 319 g/mol. The van der Waals surface area contributed by atoms with E-state index in [1.807, 2.05) is 38.4 Å². The Balaban J connectivity index is 1.84. The highest BCUT2D eigenvalue weighted by atomic mass is 35.5. The van der Waals surface area contributed by atoms with Gasteiger partial charge >= 0.3 is 0 Å². The Morgan fingerprint density at radius 1 is 1.05 bits per heavy atom. The highest BCUT2D eigenvalue weighted by molar-refractivity contribution is 7.80. The van der Waals surface area contributed by atoms with Crippen molar-refractivity contribution in [1.29, 1.82) is 0 Å². The van der Waals surface area contributed by atoms with Gasteiger partial charge in [0.1, 0.15) is 0 Å². The molecule has 0 unspecified atom stereocenters. The number of benzene rings is 2. The summed E-state index contributed by atoms with van der Waals surface area (Å²) in [5, 5.41) is 7.61. The van der Waals surface area contributed by atoms with Gasteiger partial charge in [-0.1, -0.05) is 23.7 Å². The number of thiocarbonyl (C=S) groups is 1. The number of halogens is 1. The molecule has 110 valence electrons. The van der Waals surface area contributed by atoms with Gasteiger partial charge in [0, 0.05) is 37.0 Å². The van der Waals surface area contributed by atoms with E-state index < -0.39 is 0 Å². The van der Waals surface area contributed by atoms with Crippen LogP contribution in [0.15, 0.2) is 48.5 Å². The van der Waals surface area contributed by atoms with Crippen molar-refractivity contribution in [3.05, 3.63) is 59.1 Å². The zero-order chi connectivity index (χ0) is 15.2. The molecular weight excluding hydrogens is 302 g/mol. The van der Waals surface area contributed by atoms with Gasteiger partial charge < -0.3 is 15.5 Å². The van der Waals surface area contributed by atoms with Crippen LogP contribution < -0.4 is 15.5 Å². The predicted molar refractivity (Wildman–Crippen MR) is 95.3 cm³/mol. The highest BCUT2D eigenvalue weighted by Gasteiger charge is 1.99. The molecule has 5 heteroatoms. The quantitative estimate of drug-likeness (QED) is 0.836. The van der Waals surface area contributed by atoms with Crippen LogP contribution in [0.2, 0.25) is 5.02 Å². The Hall–Kier alpha value is -1.78. The highest BCUT2D eigenvalue weighted by Crippen LogP contribution is 2.14. The molecule has 0 bridgehead atoms. The van der Waals surface area contributed by atoms with Gasteiger partial charge in [-0.3, -0.25) is 0 Å². The molecule has 0 radical (unpaired) electrons. The number of hydrogen-bond acceptors (Lipinski definition) is 2. The summed E-state index contributed by atoms with van der Waals surface area (Å²) >= 11 is 11.1. The molecule has 0 aliphatic heterocycles. The first-order chi connectivity index (χ1) is 10.0. The van der Waals surface area contributed by atoms with E-state index in [1.54, 1.807) is 0 Å². The minimum atomic E-state index is 0.592. The zero-order valence-electron chi connectivity index (χ0n) is 12.1. The standard InChI is InChI=1S/C16H18ClN3S/c1-20(2)15-9-3-12(4-10-15)11-18-16(21)19-14-7-5-13(17)6-8-14/h3-10H,11H2,1-2H3,(H2,18,19,21). The minimum Gasteiger partial charge on any atom is -0.378 e. The van der Waals surface area contributed by atoms with Gasteiger partial charge in [-0.25, -0.2) is 0 Å². The van der Waals surface area contributed by atoms with Crippen molar-refractivity contribution in [3.8, 4) is 0 Å². The minimum absolute atomic E-state index is 0.592. The second kappa shape index (κ2) is 7.29. The molecule has 3 nitrogen and oxygen atoms in total. The smallest absolute Gasteiger partial charge is 0.171 e. The molecule has 0 spiro atoms. The third kappa shape index (κ3) is 4.92. The molecule has 0 aliphatic rings. The summed E-state index contributed by atoms with van der Waals surface area (Å²) in [6.45, 7) is 0.688. The number of nitrogens with zero attached hydrogens (tertiary/aromatic N) is 1. The fourth-order valence-corrected chi connectivity index (χ4v) is 2.12. The summed E-state index contributed by atoms with van der Waals surface area (Å²) in [7, 11) is 4.05. The van der Waals surface area contributed by atoms with Crippen molar-refractivity contribution in [2.75, 3.05) is 24.3 Å². The van der Waals surface area contributed by atoms with Crippen molar-refractivity contribution in [1.82, 2.24) is 5.32 Å². The number of anilines is 2. The summed E-state index contributed by atoms with van der Waals surface area (Å²) in [5.41, 5.74) is 3.28. The van der Waals surface area contributed by atoms with Crippen LogP contribution in [0.1, 0.15) is 5.56 Å². The van der Waals surface area contributed by atoms with E-state index in [4.69, 9.17) is 23.8 Å². The lowest BCUT2D eigenvalue weighted by atomic mass is 10.2. The first-order valence-electron chi connectivity index (χ1n) is 6.61. The maximum absolute atomic E-state index is 5.84. The van der Waals surface area contributed by atoms with E-state index in [0.717, 1.165) is 5.69 Å². The molecule has 0 aromatic heterocycles. The van der Waals surface area contributed by atoms with E-state index in [9.17, 15) is 0 Å². The number of rotatable bonds is 4. The van der Waals surface area contributed by atoms with Crippen LogP contribution >= 0.6 is 23.8 Å². The fourth-order valence-electron chi connectivity index (χ4n) is 1.80. The predicted octanol–water partition coefficient (Wildman–Crippen LogP) is 3.89. The maximum Gasteiger partial charge on any atom is 0.171 e. The largest absolute Gasteiger partial charge is 0.378 e. The van der Waals surface area contributed by atoms with Gasteiger partial charge in [-0.15, -0.1) is 0 Å². The lowest BCUT2D eigenvalue weighted by Gasteiger charge is -2.14. The van der Waals surface area contributed by atoms with Crippen LogP contribution in [-0.4, -0.2) is 19.2 Å². The van der Waals surface area contributed by atoms with E-state index in [2.05, 4.69) is 39.8 Å². The van der Waals surface area contributed by atoms with E-state index in [1.165, 1.54) is 11.3 Å². The van der Waals surface area contributed by atoms with Crippen LogP contribution in [-0.2, 0) is 6.54 Å². The van der Waals surface area contributed by atoms with Crippen molar-refractivity contribution in [3.63, 3.8) is 0 Å². The van der Waals surface area contributed by atoms with E-state index in [0.29, 0.717) is 16.7 Å². The Kier molecular flexibility index (Phi) is 5.42. The molecule has 2 N–H and O–H groups in total. The Labute approximate surface area is 135 Å². The summed E-state index contributed by atoms with van der Waals surface area (Å²) in [6, 6.07) is 15.8. The van der Waals surface area contributed by atoms with E-state index >= 15 is 0 Å². The van der Waals surface area contributed by atoms with Crippen molar-refractivity contribution >= 4 is 40.3 Å². The molecule has 0 saturated heterocycles. The molecule has 2 rings (SSSR count). The van der Waals surface area contributed by atoms with Gasteiger partial charge in [-0.05, 0) is 54.2 Å². The summed E-state index contributed by atoms with van der Waals surface area (Å²) in [5.74, 6) is 0. The lowest BCUT2D eigenvalue weighted by molar-refractivity contribution is 0.925. The van der Waals surface area contributed by atoms with Crippen LogP contribution in [0, 0.1) is 0 Å². The van der Waals surface area contributed by atoms with Crippen LogP contribution in [0.4, 0.5) is 11.4 Å². The van der Waals surface area contributed by atoms with Gasteiger partial charge in [-0.2, -0.15) is 0 Å². The normalized spacial score (nSPS) is 10.0. The molecule has 0 heterocycles. The summed E-state index contributed by atoms with van der Waals surface area (Å²) < 4.78 is 0. The molecule has 0 amide bonds. The van der Waals surface area contributed by atoms with Gasteiger partial charge in [0.25, 0.3) is 0 Å². The number of hydrogen-bond donors (Lipinski definition) is 2. The van der Waals surface area contributed by atoms with Gasteiger partial charge in [0.05, 0.1) is 0 Å². The molecule has 0 fully saturated rings. The lowest BCUT2D eigenvalue weighted by Crippen LogP contribution is -2.27. The first-order valence-corrected chi connectivity index (χ1v) is 7.40. The fraction of sp³-hybridized carbons (Fsp3) is 0.188. The third-order valence-corrected chi connectivity index (χ3v) is 3.51. The van der Waals surface area contributed by atoms with Crippen LogP contribution in [0.25, 0.3) is 0 Å². The average molecular weight is 320 g/mol. The van der Waals surface area contributed by atoms with E-state index in [-0.39, 0.29) is 0 Å². The second-order valence-corrected chi connectivity index (χ2v) is 5.72. The van der Waals surface area contributed by atoms with Crippen molar-refractivity contribution < 1.29 is 0 Å². The molecule has 2 aromatic rings. The van der Waals surface area contributed by atoms with Gasteiger partial charge in [0.2, 0.25) is 0 Å². The Bertz CT molecular complexity index is 594. The Morgan fingerprint density at radius 2 is 1.67 bits per heavy atom. The molecule has 0 aliphatic carbocycles. The topological polar surface area (TPSA) is 27.3 Å². The van der Waals surface area contributed by atoms with Gasteiger partial charge in [0.15, 0.2) is 5.11 Å². The molecule has 2 aromatic carbocycles. The summed E-state index contributed by atoms with van der Waals surface area (Å²) in [4.78, 5) is 2.07. The molecule has 0 atom stereocenters. The summed E-state index contributed by atoms with van der Waals surface area (Å²) in [6.07, 6.45) is 0. The van der Waals surface area contributed by atoms with Crippen molar-refractivity contribution in [2.24, 2.45) is 0 Å². The number of nitrogens with one attached hydrogen (secondary N) is 2. The SMILES string of the molecule is CN(C)c1ccc(CNC(=S)Nc2ccc(Cl)cc2)cc1. The van der Waals surface area contributed by atoms with Crippen LogP contribution in [0.3, 0.4) is 0 Å². The first kappa shape index (κ1) is 15.6. The molecule has 21 heavy (non-hydrogen) atoms. The molecule has 0 saturated carbocycles. The van der Waals surface area contributed by atoms with Crippen molar-refractivity contribution in [2.45, 2.75) is 6.54 Å².